The largest absolute Gasteiger partial charge is 0.494 e. The number of carbonyl (C=O) groups is 1. The first-order valence-corrected chi connectivity index (χ1v) is 13.8. The quantitative estimate of drug-likeness (QED) is 0.144. The molecule has 39 heavy (non-hydrogen) atoms. The van der Waals surface area contributed by atoms with Crippen molar-refractivity contribution in [1.82, 2.24) is 10.9 Å². The lowest BCUT2D eigenvalue weighted by Gasteiger charge is -2.30. The van der Waals surface area contributed by atoms with Gasteiger partial charge in [0.25, 0.3) is 5.91 Å². The van der Waals surface area contributed by atoms with Gasteiger partial charge in [-0.15, -0.1) is 6.58 Å². The number of carbonyl (C=O) groups excluding carboxylic acids is 1. The zero-order valence-corrected chi connectivity index (χ0v) is 23.6. The summed E-state index contributed by atoms with van der Waals surface area (Å²) in [5.74, 6) is 0.751. The van der Waals surface area contributed by atoms with Crippen LogP contribution in [-0.2, 0) is 16.0 Å². The second kappa shape index (κ2) is 13.6. The number of nitrogens with zero attached hydrogens (tertiary/aromatic N) is 1. The van der Waals surface area contributed by atoms with E-state index in [0.29, 0.717) is 31.2 Å². The first-order valence-electron chi connectivity index (χ1n) is 13.0. The summed E-state index contributed by atoms with van der Waals surface area (Å²) in [5, 5.41) is 8.98. The van der Waals surface area contributed by atoms with Gasteiger partial charge in [-0.2, -0.15) is 0 Å². The van der Waals surface area contributed by atoms with Gasteiger partial charge in [-0.25, -0.2) is 10.4 Å². The van der Waals surface area contributed by atoms with Gasteiger partial charge in [-0.3, -0.25) is 10.2 Å². The van der Waals surface area contributed by atoms with Crippen molar-refractivity contribution in [1.29, 1.82) is 0 Å². The fraction of sp³-hybridized carbons (Fsp3) is 0.290. The van der Waals surface area contributed by atoms with E-state index in [1.54, 1.807) is 6.08 Å². The lowest BCUT2D eigenvalue weighted by molar-refractivity contribution is -0.129. The monoisotopic (exact) mass is 591 g/mol. The molecular formula is C31H34BrN3O4. The number of aliphatic hydroxyl groups excluding tert-OH is 1. The number of ether oxygens (including phenoxy) is 2. The fourth-order valence-corrected chi connectivity index (χ4v) is 4.91. The molecule has 8 heteroatoms. The second-order valence-electron chi connectivity index (χ2n) is 9.42. The molecule has 7 nitrogen and oxygen atoms in total. The van der Waals surface area contributed by atoms with Crippen molar-refractivity contribution in [2.75, 3.05) is 19.8 Å². The van der Waals surface area contributed by atoms with Crippen molar-refractivity contribution < 1.29 is 19.4 Å². The number of hydrogen-bond acceptors (Lipinski definition) is 6. The molecule has 2 atom stereocenters. The van der Waals surface area contributed by atoms with Gasteiger partial charge in [0.05, 0.1) is 6.61 Å². The summed E-state index contributed by atoms with van der Waals surface area (Å²) in [6, 6.07) is 23.4. The third-order valence-electron chi connectivity index (χ3n) is 6.53. The van der Waals surface area contributed by atoms with E-state index in [2.05, 4.69) is 64.5 Å². The Morgan fingerprint density at radius 1 is 1.15 bits per heavy atom. The Labute approximate surface area is 238 Å². The predicted octanol–water partition coefficient (Wildman–Crippen LogP) is 5.22. The van der Waals surface area contributed by atoms with Crippen LogP contribution in [0.4, 0.5) is 0 Å². The average molecular weight is 593 g/mol. The predicted molar refractivity (Wildman–Crippen MR) is 157 cm³/mol. The standard InChI is InChI=1S/C31H34BrN3O4/c1-3-18-31(30(37)35-33-19-17-23-11-9-22(2)10-12-23)28(26-7-4-5-8-27(26)32)39-29(34-31)24-13-15-25(16-14-24)38-21-6-20-36/h3-5,7-16,28,33,36H,1,6,17-21H2,2H3,(H,35,37)/t28-,31-/m0/s1. The molecule has 3 aromatic rings. The van der Waals surface area contributed by atoms with Gasteiger partial charge in [0.1, 0.15) is 5.75 Å². The molecule has 3 aromatic carbocycles. The maximum Gasteiger partial charge on any atom is 0.266 e. The molecule has 0 radical (unpaired) electrons. The van der Waals surface area contributed by atoms with E-state index >= 15 is 0 Å². The number of aliphatic imine (C=N–C) groups is 1. The van der Waals surface area contributed by atoms with E-state index in [4.69, 9.17) is 19.6 Å². The minimum absolute atomic E-state index is 0.0768. The molecule has 0 aromatic heterocycles. The third kappa shape index (κ3) is 6.95. The maximum absolute atomic E-state index is 13.8. The summed E-state index contributed by atoms with van der Waals surface area (Å²) in [4.78, 5) is 18.7. The molecule has 1 aliphatic heterocycles. The molecule has 0 saturated carbocycles. The summed E-state index contributed by atoms with van der Waals surface area (Å²) in [6.45, 7) is 7.04. The van der Waals surface area contributed by atoms with Crippen LogP contribution in [0.5, 0.6) is 5.75 Å². The van der Waals surface area contributed by atoms with Crippen LogP contribution in [0.1, 0.15) is 41.2 Å². The second-order valence-corrected chi connectivity index (χ2v) is 10.3. The lowest BCUT2D eigenvalue weighted by Crippen LogP contribution is -2.52. The van der Waals surface area contributed by atoms with Crippen LogP contribution in [0.3, 0.4) is 0 Å². The highest BCUT2D eigenvalue weighted by Gasteiger charge is 2.53. The van der Waals surface area contributed by atoms with Gasteiger partial charge in [0.2, 0.25) is 5.90 Å². The summed E-state index contributed by atoms with van der Waals surface area (Å²) < 4.78 is 12.9. The van der Waals surface area contributed by atoms with Gasteiger partial charge in [-0.05, 0) is 49.2 Å². The highest BCUT2D eigenvalue weighted by molar-refractivity contribution is 9.10. The normalized spacial score (nSPS) is 18.2. The average Bonchev–Trinajstić information content (AvgIpc) is 3.33. The van der Waals surface area contributed by atoms with E-state index in [9.17, 15) is 4.79 Å². The van der Waals surface area contributed by atoms with Gasteiger partial charge in [0, 0.05) is 41.6 Å². The van der Waals surface area contributed by atoms with Crippen molar-refractivity contribution in [3.8, 4) is 5.75 Å². The molecule has 204 valence electrons. The Hall–Kier alpha value is -3.46. The van der Waals surface area contributed by atoms with E-state index in [-0.39, 0.29) is 18.9 Å². The number of hydrazine groups is 1. The van der Waals surface area contributed by atoms with Crippen LogP contribution >= 0.6 is 15.9 Å². The molecule has 3 N–H and O–H groups in total. The SMILES string of the molecule is C=CC[C@]1(C(=O)NNCCc2ccc(C)cc2)N=C(c2ccc(OCCCO)cc2)O[C@H]1c1ccccc1Br. The number of hydrogen-bond donors (Lipinski definition) is 3. The molecule has 1 heterocycles. The van der Waals surface area contributed by atoms with Crippen molar-refractivity contribution in [2.45, 2.75) is 37.8 Å². The highest BCUT2D eigenvalue weighted by atomic mass is 79.9. The zero-order valence-electron chi connectivity index (χ0n) is 22.0. The van der Waals surface area contributed by atoms with E-state index in [1.807, 2.05) is 48.5 Å². The smallest absolute Gasteiger partial charge is 0.266 e. The Bertz CT molecular complexity index is 1290. The molecular weight excluding hydrogens is 558 g/mol. The first-order chi connectivity index (χ1) is 19.0. The Balaban J connectivity index is 1.57. The number of rotatable bonds is 13. The Morgan fingerprint density at radius 3 is 2.59 bits per heavy atom. The molecule has 0 aliphatic carbocycles. The molecule has 4 rings (SSSR count). The number of nitrogens with one attached hydrogen (secondary N) is 2. The first kappa shape index (κ1) is 28.5. The number of amides is 1. The summed E-state index contributed by atoms with van der Waals surface area (Å²) in [5.41, 5.74) is 8.63. The number of aliphatic hydroxyl groups is 1. The number of aryl methyl sites for hydroxylation is 1. The summed E-state index contributed by atoms with van der Waals surface area (Å²) >= 11 is 3.63. The lowest BCUT2D eigenvalue weighted by atomic mass is 9.84. The van der Waals surface area contributed by atoms with Crippen LogP contribution in [0.25, 0.3) is 0 Å². The van der Waals surface area contributed by atoms with E-state index in [1.165, 1.54) is 11.1 Å². The highest BCUT2D eigenvalue weighted by Crippen LogP contribution is 2.44. The number of halogens is 1. The van der Waals surface area contributed by atoms with Gasteiger partial charge < -0.3 is 14.6 Å². The molecule has 0 saturated heterocycles. The topological polar surface area (TPSA) is 92.2 Å². The van der Waals surface area contributed by atoms with Gasteiger partial charge >= 0.3 is 0 Å². The molecule has 1 aliphatic rings. The minimum atomic E-state index is -1.27. The fourth-order valence-electron chi connectivity index (χ4n) is 4.41. The summed E-state index contributed by atoms with van der Waals surface area (Å²) in [7, 11) is 0. The van der Waals surface area contributed by atoms with Crippen LogP contribution < -0.4 is 15.6 Å². The molecule has 0 unspecified atom stereocenters. The van der Waals surface area contributed by atoms with Crippen molar-refractivity contribution in [3.63, 3.8) is 0 Å². The van der Waals surface area contributed by atoms with Gasteiger partial charge in [-0.1, -0.05) is 70.0 Å². The Morgan fingerprint density at radius 2 is 1.90 bits per heavy atom. The summed E-state index contributed by atoms with van der Waals surface area (Å²) in [6.07, 6.45) is 2.62. The molecule has 0 bridgehead atoms. The third-order valence-corrected chi connectivity index (χ3v) is 7.26. The zero-order chi connectivity index (χ0) is 27.7. The minimum Gasteiger partial charge on any atom is -0.494 e. The number of benzene rings is 3. The van der Waals surface area contributed by atoms with Crippen LogP contribution in [0, 0.1) is 6.92 Å². The van der Waals surface area contributed by atoms with Crippen molar-refractivity contribution in [2.24, 2.45) is 4.99 Å². The van der Waals surface area contributed by atoms with Crippen LogP contribution in [0.15, 0.2) is 94.9 Å². The maximum atomic E-state index is 13.8. The molecule has 0 fully saturated rings. The van der Waals surface area contributed by atoms with Crippen molar-refractivity contribution >= 4 is 27.7 Å². The molecule has 0 spiro atoms. The van der Waals surface area contributed by atoms with Crippen LogP contribution in [0.2, 0.25) is 0 Å². The van der Waals surface area contributed by atoms with E-state index < -0.39 is 11.6 Å². The van der Waals surface area contributed by atoms with Crippen LogP contribution in [-0.4, -0.2) is 42.2 Å². The Kier molecular flexibility index (Phi) is 9.92. The van der Waals surface area contributed by atoms with E-state index in [0.717, 1.165) is 22.0 Å². The molecule has 1 amide bonds. The van der Waals surface area contributed by atoms with Crippen molar-refractivity contribution in [3.05, 3.63) is 112 Å². The van der Waals surface area contributed by atoms with Gasteiger partial charge in [0.15, 0.2) is 11.6 Å².